The average Bonchev–Trinajstić information content (AvgIpc) is 2.88. The molecule has 0 saturated carbocycles. The van der Waals surface area contributed by atoms with Crippen LogP contribution in [0.2, 0.25) is 0 Å². The van der Waals surface area contributed by atoms with Crippen LogP contribution >= 0.6 is 11.8 Å². The molecule has 3 rings (SSSR count). The summed E-state index contributed by atoms with van der Waals surface area (Å²) in [6.07, 6.45) is 0. The molecule has 0 saturated heterocycles. The predicted molar refractivity (Wildman–Crippen MR) is 76.8 cm³/mol. The van der Waals surface area contributed by atoms with Crippen molar-refractivity contribution >= 4 is 22.8 Å². The van der Waals surface area contributed by atoms with Gasteiger partial charge in [0.2, 0.25) is 0 Å². The van der Waals surface area contributed by atoms with Gasteiger partial charge in [0.1, 0.15) is 0 Å². The molecule has 0 atom stereocenters. The second-order valence-electron chi connectivity index (χ2n) is 4.16. The van der Waals surface area contributed by atoms with E-state index in [1.54, 1.807) is 11.8 Å². The van der Waals surface area contributed by atoms with Crippen LogP contribution in [0, 0.1) is 11.3 Å². The number of hydrogen-bond acceptors (Lipinski definition) is 3. The van der Waals surface area contributed by atoms with Crippen molar-refractivity contribution in [3.05, 3.63) is 59.7 Å². The van der Waals surface area contributed by atoms with E-state index in [1.165, 1.54) is 0 Å². The lowest BCUT2D eigenvalue weighted by molar-refractivity contribution is 1.08. The van der Waals surface area contributed by atoms with Crippen LogP contribution in [-0.4, -0.2) is 9.97 Å². The van der Waals surface area contributed by atoms with Crippen LogP contribution in [0.15, 0.2) is 53.7 Å². The fourth-order valence-corrected chi connectivity index (χ4v) is 2.71. The fraction of sp³-hybridized carbons (Fsp3) is 0.0667. The SMILES string of the molecule is N#Cc1cccc(CSc2nc3ccccc3[nH]2)c1. The molecule has 0 aliphatic rings. The third-order valence-corrected chi connectivity index (χ3v) is 3.74. The number of aromatic nitrogens is 2. The van der Waals surface area contributed by atoms with Crippen molar-refractivity contribution in [3.8, 4) is 6.07 Å². The van der Waals surface area contributed by atoms with Gasteiger partial charge in [-0.25, -0.2) is 4.98 Å². The zero-order chi connectivity index (χ0) is 13.1. The molecule has 2 aromatic carbocycles. The Kier molecular flexibility index (Phi) is 3.21. The van der Waals surface area contributed by atoms with Gasteiger partial charge in [-0.1, -0.05) is 36.0 Å². The highest BCUT2D eigenvalue weighted by molar-refractivity contribution is 7.98. The van der Waals surface area contributed by atoms with Crippen molar-refractivity contribution in [1.82, 2.24) is 9.97 Å². The number of thioether (sulfide) groups is 1. The fourth-order valence-electron chi connectivity index (χ4n) is 1.88. The quantitative estimate of drug-likeness (QED) is 0.734. The molecule has 0 unspecified atom stereocenters. The molecule has 0 bridgehead atoms. The van der Waals surface area contributed by atoms with Crippen LogP contribution in [0.4, 0.5) is 0 Å². The zero-order valence-corrected chi connectivity index (χ0v) is 10.9. The van der Waals surface area contributed by atoms with Gasteiger partial charge in [0.05, 0.1) is 22.7 Å². The monoisotopic (exact) mass is 265 g/mol. The van der Waals surface area contributed by atoms with Crippen molar-refractivity contribution in [2.75, 3.05) is 0 Å². The van der Waals surface area contributed by atoms with E-state index in [-0.39, 0.29) is 0 Å². The van der Waals surface area contributed by atoms with Gasteiger partial charge in [-0.05, 0) is 29.8 Å². The minimum Gasteiger partial charge on any atom is -0.333 e. The van der Waals surface area contributed by atoms with E-state index < -0.39 is 0 Å². The number of nitrogens with zero attached hydrogens (tertiary/aromatic N) is 2. The topological polar surface area (TPSA) is 52.5 Å². The highest BCUT2D eigenvalue weighted by atomic mass is 32.2. The van der Waals surface area contributed by atoms with E-state index in [4.69, 9.17) is 5.26 Å². The summed E-state index contributed by atoms with van der Waals surface area (Å²) >= 11 is 1.64. The highest BCUT2D eigenvalue weighted by Crippen LogP contribution is 2.23. The molecule has 3 nitrogen and oxygen atoms in total. The number of H-pyrrole nitrogens is 1. The van der Waals surface area contributed by atoms with Gasteiger partial charge in [-0.15, -0.1) is 0 Å². The summed E-state index contributed by atoms with van der Waals surface area (Å²) in [5, 5.41) is 9.77. The second-order valence-corrected chi connectivity index (χ2v) is 5.12. The van der Waals surface area contributed by atoms with Crippen LogP contribution < -0.4 is 0 Å². The molecule has 0 fully saturated rings. The lowest BCUT2D eigenvalue weighted by Gasteiger charge is -1.99. The van der Waals surface area contributed by atoms with Gasteiger partial charge in [0, 0.05) is 5.75 Å². The lowest BCUT2D eigenvalue weighted by Crippen LogP contribution is -1.83. The molecule has 0 amide bonds. The van der Waals surface area contributed by atoms with E-state index in [9.17, 15) is 0 Å². The Labute approximate surface area is 115 Å². The number of imidazole rings is 1. The number of rotatable bonds is 3. The van der Waals surface area contributed by atoms with Crippen LogP contribution in [0.25, 0.3) is 11.0 Å². The van der Waals surface area contributed by atoms with Crippen LogP contribution in [0.5, 0.6) is 0 Å². The number of hydrogen-bond donors (Lipinski definition) is 1. The highest BCUT2D eigenvalue weighted by Gasteiger charge is 2.03. The Morgan fingerprint density at radius 1 is 1.16 bits per heavy atom. The molecule has 0 aliphatic heterocycles. The summed E-state index contributed by atoms with van der Waals surface area (Å²) in [4.78, 5) is 7.79. The lowest BCUT2D eigenvalue weighted by atomic mass is 10.2. The molecule has 0 aliphatic carbocycles. The van der Waals surface area contributed by atoms with Gasteiger partial charge in [-0.2, -0.15) is 5.26 Å². The molecule has 0 spiro atoms. The van der Waals surface area contributed by atoms with Crippen LogP contribution in [0.1, 0.15) is 11.1 Å². The van der Waals surface area contributed by atoms with Gasteiger partial charge < -0.3 is 4.98 Å². The van der Waals surface area contributed by atoms with Crippen molar-refractivity contribution < 1.29 is 0 Å². The molecule has 19 heavy (non-hydrogen) atoms. The normalized spacial score (nSPS) is 10.5. The number of benzene rings is 2. The first kappa shape index (κ1) is 11.8. The molecule has 1 aromatic heterocycles. The van der Waals surface area contributed by atoms with Gasteiger partial charge in [0.15, 0.2) is 5.16 Å². The molecule has 92 valence electrons. The Hall–Kier alpha value is -2.25. The van der Waals surface area contributed by atoms with E-state index in [1.807, 2.05) is 48.5 Å². The molecule has 1 heterocycles. The number of nitrogens with one attached hydrogen (secondary N) is 1. The first-order chi connectivity index (χ1) is 9.35. The largest absolute Gasteiger partial charge is 0.333 e. The maximum absolute atomic E-state index is 8.87. The number of para-hydroxylation sites is 2. The predicted octanol–water partition coefficient (Wildman–Crippen LogP) is 3.73. The number of aromatic amines is 1. The third kappa shape index (κ3) is 2.61. The Bertz CT molecular complexity index is 722. The first-order valence-corrected chi connectivity index (χ1v) is 6.90. The van der Waals surface area contributed by atoms with E-state index >= 15 is 0 Å². The molecule has 4 heteroatoms. The molecule has 0 radical (unpaired) electrons. The van der Waals surface area contributed by atoms with E-state index in [0.29, 0.717) is 5.56 Å². The molecular formula is C15H11N3S. The van der Waals surface area contributed by atoms with E-state index in [2.05, 4.69) is 16.0 Å². The maximum atomic E-state index is 8.87. The first-order valence-electron chi connectivity index (χ1n) is 5.92. The minimum absolute atomic E-state index is 0.697. The Balaban J connectivity index is 1.76. The van der Waals surface area contributed by atoms with Crippen LogP contribution in [0.3, 0.4) is 0 Å². The standard InChI is InChI=1S/C15H11N3S/c16-9-11-4-3-5-12(8-11)10-19-15-17-13-6-1-2-7-14(13)18-15/h1-8H,10H2,(H,17,18). The van der Waals surface area contributed by atoms with Crippen molar-refractivity contribution in [2.45, 2.75) is 10.9 Å². The van der Waals surface area contributed by atoms with Gasteiger partial charge in [0.25, 0.3) is 0 Å². The van der Waals surface area contributed by atoms with Crippen molar-refractivity contribution in [1.29, 1.82) is 5.26 Å². The number of nitriles is 1. The second kappa shape index (κ2) is 5.17. The third-order valence-electron chi connectivity index (χ3n) is 2.80. The van der Waals surface area contributed by atoms with Crippen LogP contribution in [-0.2, 0) is 5.75 Å². The summed E-state index contributed by atoms with van der Waals surface area (Å²) < 4.78 is 0. The summed E-state index contributed by atoms with van der Waals surface area (Å²) in [6, 6.07) is 17.8. The Morgan fingerprint density at radius 3 is 2.89 bits per heavy atom. The van der Waals surface area contributed by atoms with E-state index in [0.717, 1.165) is 27.5 Å². The zero-order valence-electron chi connectivity index (χ0n) is 10.1. The Morgan fingerprint density at radius 2 is 2.05 bits per heavy atom. The van der Waals surface area contributed by atoms with Crippen molar-refractivity contribution in [2.24, 2.45) is 0 Å². The molecule has 1 N–H and O–H groups in total. The minimum atomic E-state index is 0.697. The summed E-state index contributed by atoms with van der Waals surface area (Å²) in [6.45, 7) is 0. The average molecular weight is 265 g/mol. The molecular weight excluding hydrogens is 254 g/mol. The number of fused-ring (bicyclic) bond motifs is 1. The summed E-state index contributed by atoms with van der Waals surface area (Å²) in [5.74, 6) is 0.801. The van der Waals surface area contributed by atoms with Gasteiger partial charge >= 0.3 is 0 Å². The van der Waals surface area contributed by atoms with Gasteiger partial charge in [-0.3, -0.25) is 0 Å². The van der Waals surface area contributed by atoms with Crippen molar-refractivity contribution in [3.63, 3.8) is 0 Å². The summed E-state index contributed by atoms with van der Waals surface area (Å²) in [5.41, 5.74) is 3.86. The summed E-state index contributed by atoms with van der Waals surface area (Å²) in [7, 11) is 0. The maximum Gasteiger partial charge on any atom is 0.166 e. The molecule has 3 aromatic rings. The smallest absolute Gasteiger partial charge is 0.166 e.